The van der Waals surface area contributed by atoms with Gasteiger partial charge < -0.3 is 19.5 Å². The summed E-state index contributed by atoms with van der Waals surface area (Å²) >= 11 is 0. The average molecular weight is 459 g/mol. The first kappa shape index (κ1) is 23.0. The Bertz CT molecular complexity index is 1220. The van der Waals surface area contributed by atoms with Gasteiger partial charge in [0, 0.05) is 17.3 Å². The number of benzene rings is 2. The number of likely N-dealkylation sites (tertiary alicyclic amines) is 1. The minimum atomic E-state index is -0.855. The second-order valence-corrected chi connectivity index (χ2v) is 7.87. The lowest BCUT2D eigenvalue weighted by molar-refractivity contribution is -0.140. The molecule has 3 aromatic rings. The molecule has 0 aliphatic carbocycles. The molecule has 2 heterocycles. The number of ketones is 1. The second kappa shape index (κ2) is 10.2. The molecule has 1 amide bonds. The van der Waals surface area contributed by atoms with Crippen molar-refractivity contribution in [2.24, 2.45) is 0 Å². The molecule has 1 atom stereocenters. The van der Waals surface area contributed by atoms with Gasteiger partial charge in [0.1, 0.15) is 23.3 Å². The summed E-state index contributed by atoms with van der Waals surface area (Å²) < 4.78 is 11.1. The van der Waals surface area contributed by atoms with Gasteiger partial charge >= 0.3 is 0 Å². The first-order valence-corrected chi connectivity index (χ1v) is 11.1. The van der Waals surface area contributed by atoms with E-state index in [2.05, 4.69) is 4.98 Å². The molecule has 1 saturated heterocycles. The standard InChI is InChI=1S/C27H26N2O5/c1-3-15-34-20-11-8-10-18(16-20)25(30)23-24(21-12-6-7-14-28-21)29(27(32)26(23)31)17-19-9-4-5-13-22(19)33-2/h4-14,16,24,30H,3,15,17H2,1-2H3/b25-23-. The average Bonchev–Trinajstić information content (AvgIpc) is 3.13. The van der Waals surface area contributed by atoms with Crippen LogP contribution in [0.25, 0.3) is 5.76 Å². The molecule has 7 nitrogen and oxygen atoms in total. The van der Waals surface area contributed by atoms with Crippen molar-refractivity contribution in [1.82, 2.24) is 9.88 Å². The molecule has 34 heavy (non-hydrogen) atoms. The van der Waals surface area contributed by atoms with Crippen LogP contribution in [0.5, 0.6) is 11.5 Å². The maximum absolute atomic E-state index is 13.2. The highest BCUT2D eigenvalue weighted by Gasteiger charge is 2.47. The maximum Gasteiger partial charge on any atom is 0.296 e. The number of Topliss-reactive ketones (excluding diaryl/α,β-unsaturated/α-hetero) is 1. The molecule has 4 rings (SSSR count). The summed E-state index contributed by atoms with van der Waals surface area (Å²) in [5.74, 6) is -0.559. The van der Waals surface area contributed by atoms with Crippen molar-refractivity contribution in [3.63, 3.8) is 0 Å². The van der Waals surface area contributed by atoms with Gasteiger partial charge in [0.25, 0.3) is 11.7 Å². The van der Waals surface area contributed by atoms with Gasteiger partial charge in [-0.25, -0.2) is 0 Å². The number of aliphatic hydroxyl groups is 1. The number of aromatic nitrogens is 1. The Labute approximate surface area is 198 Å². The number of hydrogen-bond acceptors (Lipinski definition) is 6. The molecule has 1 unspecified atom stereocenters. The van der Waals surface area contributed by atoms with Gasteiger partial charge in [0.05, 0.1) is 31.5 Å². The Morgan fingerprint density at radius 3 is 2.59 bits per heavy atom. The van der Waals surface area contributed by atoms with Crippen molar-refractivity contribution in [2.45, 2.75) is 25.9 Å². The van der Waals surface area contributed by atoms with Crippen LogP contribution >= 0.6 is 0 Å². The van der Waals surface area contributed by atoms with Crippen LogP contribution in [-0.4, -0.2) is 40.4 Å². The summed E-state index contributed by atoms with van der Waals surface area (Å²) in [5, 5.41) is 11.2. The number of rotatable bonds is 8. The Kier molecular flexibility index (Phi) is 6.92. The highest BCUT2D eigenvalue weighted by molar-refractivity contribution is 6.46. The number of hydrogen-bond donors (Lipinski definition) is 1. The molecular formula is C27H26N2O5. The molecular weight excluding hydrogens is 432 g/mol. The topological polar surface area (TPSA) is 89.0 Å². The molecule has 1 fully saturated rings. The van der Waals surface area contributed by atoms with Crippen molar-refractivity contribution < 1.29 is 24.2 Å². The summed E-state index contributed by atoms with van der Waals surface area (Å²) in [7, 11) is 1.55. The SMILES string of the molecule is CCCOc1cccc(/C(O)=C2/C(=O)C(=O)N(Cc3ccccc3OC)C2c2ccccn2)c1. The Morgan fingerprint density at radius 2 is 1.85 bits per heavy atom. The lowest BCUT2D eigenvalue weighted by Crippen LogP contribution is -2.29. The molecule has 174 valence electrons. The number of carbonyl (C=O) groups is 2. The first-order valence-electron chi connectivity index (χ1n) is 11.1. The number of pyridine rings is 1. The van der Waals surface area contributed by atoms with Gasteiger partial charge in [-0.05, 0) is 36.8 Å². The van der Waals surface area contributed by atoms with E-state index < -0.39 is 17.7 Å². The lowest BCUT2D eigenvalue weighted by Gasteiger charge is -2.25. The summed E-state index contributed by atoms with van der Waals surface area (Å²) in [6, 6.07) is 18.6. The van der Waals surface area contributed by atoms with E-state index in [1.54, 1.807) is 61.8 Å². The predicted molar refractivity (Wildman–Crippen MR) is 127 cm³/mol. The summed E-state index contributed by atoms with van der Waals surface area (Å²) in [5.41, 5.74) is 1.61. The quantitative estimate of drug-likeness (QED) is 0.304. The Morgan fingerprint density at radius 1 is 1.06 bits per heavy atom. The summed E-state index contributed by atoms with van der Waals surface area (Å²) in [4.78, 5) is 32.2. The normalized spacial score (nSPS) is 17.1. The van der Waals surface area contributed by atoms with E-state index in [1.165, 1.54) is 4.90 Å². The first-order chi connectivity index (χ1) is 16.5. The number of nitrogens with zero attached hydrogens (tertiary/aromatic N) is 2. The number of amides is 1. The van der Waals surface area contributed by atoms with Gasteiger partial charge in [0.2, 0.25) is 0 Å². The van der Waals surface area contributed by atoms with Crippen molar-refractivity contribution in [1.29, 1.82) is 0 Å². The molecule has 2 aromatic carbocycles. The third-order valence-electron chi connectivity index (χ3n) is 5.62. The molecule has 1 aliphatic rings. The monoisotopic (exact) mass is 458 g/mol. The molecule has 0 radical (unpaired) electrons. The number of methoxy groups -OCH3 is 1. The van der Waals surface area contributed by atoms with Crippen molar-refractivity contribution in [3.05, 3.63) is 95.3 Å². The third-order valence-corrected chi connectivity index (χ3v) is 5.62. The van der Waals surface area contributed by atoms with Crippen LogP contribution in [0.4, 0.5) is 0 Å². The van der Waals surface area contributed by atoms with E-state index in [-0.39, 0.29) is 17.9 Å². The zero-order valence-electron chi connectivity index (χ0n) is 19.1. The van der Waals surface area contributed by atoms with E-state index in [0.29, 0.717) is 29.4 Å². The number of aliphatic hydroxyl groups excluding tert-OH is 1. The lowest BCUT2D eigenvalue weighted by atomic mass is 9.98. The van der Waals surface area contributed by atoms with E-state index in [1.807, 2.05) is 25.1 Å². The summed E-state index contributed by atoms with van der Waals surface area (Å²) in [6.07, 6.45) is 2.43. The number of carbonyl (C=O) groups excluding carboxylic acids is 2. The van der Waals surface area contributed by atoms with Crippen LogP contribution in [0.2, 0.25) is 0 Å². The van der Waals surface area contributed by atoms with Crippen molar-refractivity contribution in [2.75, 3.05) is 13.7 Å². The zero-order valence-corrected chi connectivity index (χ0v) is 19.1. The van der Waals surface area contributed by atoms with Crippen molar-refractivity contribution in [3.8, 4) is 11.5 Å². The Hall–Kier alpha value is -4.13. The van der Waals surface area contributed by atoms with Crippen LogP contribution < -0.4 is 9.47 Å². The molecule has 0 saturated carbocycles. The van der Waals surface area contributed by atoms with Crippen LogP contribution in [0, 0.1) is 0 Å². The van der Waals surface area contributed by atoms with Crippen LogP contribution in [0.3, 0.4) is 0 Å². The van der Waals surface area contributed by atoms with Gasteiger partial charge in [-0.1, -0.05) is 43.3 Å². The van der Waals surface area contributed by atoms with Crippen molar-refractivity contribution >= 4 is 17.4 Å². The van der Waals surface area contributed by atoms with Gasteiger partial charge in [-0.3, -0.25) is 14.6 Å². The van der Waals surface area contributed by atoms with E-state index in [0.717, 1.165) is 12.0 Å². The third kappa shape index (κ3) is 4.50. The fourth-order valence-electron chi connectivity index (χ4n) is 4.01. The zero-order chi connectivity index (χ0) is 24.1. The number of ether oxygens (including phenoxy) is 2. The molecule has 7 heteroatoms. The van der Waals surface area contributed by atoms with Crippen LogP contribution in [-0.2, 0) is 16.1 Å². The predicted octanol–water partition coefficient (Wildman–Crippen LogP) is 4.50. The second-order valence-electron chi connectivity index (χ2n) is 7.87. The number of para-hydroxylation sites is 1. The molecule has 1 aliphatic heterocycles. The highest BCUT2D eigenvalue weighted by Crippen LogP contribution is 2.40. The highest BCUT2D eigenvalue weighted by atomic mass is 16.5. The minimum Gasteiger partial charge on any atom is -0.507 e. The van der Waals surface area contributed by atoms with Gasteiger partial charge in [-0.15, -0.1) is 0 Å². The molecule has 0 bridgehead atoms. The van der Waals surface area contributed by atoms with Crippen LogP contribution in [0.1, 0.15) is 36.2 Å². The fraction of sp³-hybridized carbons (Fsp3) is 0.222. The van der Waals surface area contributed by atoms with E-state index >= 15 is 0 Å². The molecule has 0 spiro atoms. The summed E-state index contributed by atoms with van der Waals surface area (Å²) in [6.45, 7) is 2.65. The molecule has 1 aromatic heterocycles. The van der Waals surface area contributed by atoms with Crippen LogP contribution in [0.15, 0.2) is 78.5 Å². The minimum absolute atomic E-state index is 0.00811. The van der Waals surface area contributed by atoms with Gasteiger partial charge in [-0.2, -0.15) is 0 Å². The smallest absolute Gasteiger partial charge is 0.296 e. The molecule has 1 N–H and O–H groups in total. The largest absolute Gasteiger partial charge is 0.507 e. The maximum atomic E-state index is 13.2. The Balaban J connectivity index is 1.81. The van der Waals surface area contributed by atoms with E-state index in [4.69, 9.17) is 9.47 Å². The van der Waals surface area contributed by atoms with Gasteiger partial charge in [0.15, 0.2) is 0 Å². The fourth-order valence-corrected chi connectivity index (χ4v) is 4.01. The van der Waals surface area contributed by atoms with E-state index in [9.17, 15) is 14.7 Å².